The first-order valence-electron chi connectivity index (χ1n) is 4.47. The van der Waals surface area contributed by atoms with Crippen molar-refractivity contribution in [2.24, 2.45) is 0 Å². The summed E-state index contributed by atoms with van der Waals surface area (Å²) in [5, 5.41) is 4.08. The molecule has 1 heterocycles. The van der Waals surface area contributed by atoms with Crippen molar-refractivity contribution in [2.45, 2.75) is 13.0 Å². The Morgan fingerprint density at radius 2 is 2.46 bits per heavy atom. The molecule has 0 bridgehead atoms. The van der Waals surface area contributed by atoms with Crippen LogP contribution in [0.15, 0.2) is 18.2 Å². The van der Waals surface area contributed by atoms with E-state index in [0.29, 0.717) is 12.6 Å². The maximum absolute atomic E-state index is 5.85. The van der Waals surface area contributed by atoms with Gasteiger partial charge in [0.1, 0.15) is 12.4 Å². The Bertz CT molecular complexity index is 314. The van der Waals surface area contributed by atoms with Crippen molar-refractivity contribution in [1.29, 1.82) is 0 Å². The summed E-state index contributed by atoms with van der Waals surface area (Å²) < 4.78 is 5.50. The minimum atomic E-state index is 0.331. The molecule has 0 aromatic heterocycles. The molecule has 0 fully saturated rings. The van der Waals surface area contributed by atoms with E-state index in [1.54, 1.807) is 0 Å². The number of hydrogen-bond acceptors (Lipinski definition) is 2. The number of rotatable bonds is 2. The summed E-state index contributed by atoms with van der Waals surface area (Å²) in [6, 6.07) is 6.13. The number of likely N-dealkylation sites (N-methyl/N-ethyl adjacent to an activating group) is 1. The van der Waals surface area contributed by atoms with E-state index in [0.717, 1.165) is 17.3 Å². The predicted octanol–water partition coefficient (Wildman–Crippen LogP) is 2.38. The van der Waals surface area contributed by atoms with E-state index in [1.165, 1.54) is 5.56 Å². The van der Waals surface area contributed by atoms with Crippen LogP contribution in [0.2, 0.25) is 5.02 Å². The van der Waals surface area contributed by atoms with Gasteiger partial charge in [-0.1, -0.05) is 24.6 Å². The molecule has 0 spiro atoms. The highest BCUT2D eigenvalue weighted by Gasteiger charge is 2.22. The normalized spacial score (nSPS) is 19.7. The SMILES string of the molecule is CCNC1COc2cc(Cl)ccc21. The van der Waals surface area contributed by atoms with E-state index in [1.807, 2.05) is 18.2 Å². The van der Waals surface area contributed by atoms with Crippen LogP contribution in [-0.4, -0.2) is 13.2 Å². The van der Waals surface area contributed by atoms with Gasteiger partial charge in [-0.25, -0.2) is 0 Å². The van der Waals surface area contributed by atoms with Crippen LogP contribution >= 0.6 is 11.6 Å². The van der Waals surface area contributed by atoms with Crippen LogP contribution in [0.4, 0.5) is 0 Å². The van der Waals surface area contributed by atoms with E-state index in [-0.39, 0.29) is 0 Å². The second-order valence-corrected chi connectivity index (χ2v) is 3.54. The highest BCUT2D eigenvalue weighted by Crippen LogP contribution is 2.34. The van der Waals surface area contributed by atoms with Crippen LogP contribution in [0.3, 0.4) is 0 Å². The van der Waals surface area contributed by atoms with Crippen molar-refractivity contribution in [3.05, 3.63) is 28.8 Å². The van der Waals surface area contributed by atoms with Gasteiger partial charge in [-0.15, -0.1) is 0 Å². The Hall–Kier alpha value is -0.730. The van der Waals surface area contributed by atoms with Gasteiger partial charge in [0.15, 0.2) is 0 Å². The Morgan fingerprint density at radius 3 is 3.23 bits per heavy atom. The summed E-state index contributed by atoms with van der Waals surface area (Å²) in [6.45, 7) is 3.76. The van der Waals surface area contributed by atoms with Crippen molar-refractivity contribution in [1.82, 2.24) is 5.32 Å². The molecule has 13 heavy (non-hydrogen) atoms. The molecule has 1 atom stereocenters. The van der Waals surface area contributed by atoms with Crippen LogP contribution in [0, 0.1) is 0 Å². The third-order valence-electron chi connectivity index (χ3n) is 2.21. The fourth-order valence-corrected chi connectivity index (χ4v) is 1.76. The highest BCUT2D eigenvalue weighted by molar-refractivity contribution is 6.30. The van der Waals surface area contributed by atoms with E-state index in [4.69, 9.17) is 16.3 Å². The number of hydrogen-bond donors (Lipinski definition) is 1. The summed E-state index contributed by atoms with van der Waals surface area (Å²) in [4.78, 5) is 0. The average molecular weight is 198 g/mol. The molecule has 0 radical (unpaired) electrons. The number of fused-ring (bicyclic) bond motifs is 1. The molecule has 1 N–H and O–H groups in total. The van der Waals surface area contributed by atoms with E-state index in [2.05, 4.69) is 12.2 Å². The molecule has 1 aromatic rings. The predicted molar refractivity (Wildman–Crippen MR) is 53.4 cm³/mol. The lowest BCUT2D eigenvalue weighted by Gasteiger charge is -2.08. The molecular formula is C10H12ClNO. The molecule has 1 aromatic carbocycles. The van der Waals surface area contributed by atoms with Crippen molar-refractivity contribution < 1.29 is 4.74 Å². The molecule has 0 saturated heterocycles. The number of nitrogens with one attached hydrogen (secondary N) is 1. The molecule has 0 amide bonds. The van der Waals surface area contributed by atoms with E-state index in [9.17, 15) is 0 Å². The standard InChI is InChI=1S/C10H12ClNO/c1-2-12-9-6-13-10-5-7(11)3-4-8(9)10/h3-5,9,12H,2,6H2,1H3. The van der Waals surface area contributed by atoms with Crippen molar-refractivity contribution in [3.63, 3.8) is 0 Å². The molecular weight excluding hydrogens is 186 g/mol. The highest BCUT2D eigenvalue weighted by atomic mass is 35.5. The molecule has 2 nitrogen and oxygen atoms in total. The second kappa shape index (κ2) is 3.56. The zero-order chi connectivity index (χ0) is 9.26. The molecule has 70 valence electrons. The van der Waals surface area contributed by atoms with Gasteiger partial charge in [0.05, 0.1) is 6.04 Å². The number of halogens is 1. The first-order valence-corrected chi connectivity index (χ1v) is 4.84. The Kier molecular flexibility index (Phi) is 2.42. The zero-order valence-corrected chi connectivity index (χ0v) is 8.27. The lowest BCUT2D eigenvalue weighted by atomic mass is 10.1. The zero-order valence-electron chi connectivity index (χ0n) is 7.51. The van der Waals surface area contributed by atoms with Crippen LogP contribution in [0.1, 0.15) is 18.5 Å². The second-order valence-electron chi connectivity index (χ2n) is 3.10. The molecule has 1 unspecified atom stereocenters. The smallest absolute Gasteiger partial charge is 0.125 e. The lowest BCUT2D eigenvalue weighted by molar-refractivity contribution is 0.313. The minimum Gasteiger partial charge on any atom is -0.491 e. The van der Waals surface area contributed by atoms with Crippen LogP contribution in [-0.2, 0) is 0 Å². The summed E-state index contributed by atoms with van der Waals surface area (Å²) in [5.74, 6) is 0.915. The van der Waals surface area contributed by atoms with E-state index < -0.39 is 0 Å². The van der Waals surface area contributed by atoms with Crippen molar-refractivity contribution in [3.8, 4) is 5.75 Å². The maximum atomic E-state index is 5.85. The van der Waals surface area contributed by atoms with Gasteiger partial charge >= 0.3 is 0 Å². The summed E-state index contributed by atoms with van der Waals surface area (Å²) in [6.07, 6.45) is 0. The number of ether oxygens (including phenoxy) is 1. The Balaban J connectivity index is 2.27. The average Bonchev–Trinajstić information content (AvgIpc) is 2.49. The first kappa shape index (κ1) is 8.85. The third-order valence-corrected chi connectivity index (χ3v) is 2.44. The van der Waals surface area contributed by atoms with Crippen LogP contribution in [0.25, 0.3) is 0 Å². The topological polar surface area (TPSA) is 21.3 Å². The van der Waals surface area contributed by atoms with E-state index >= 15 is 0 Å². The fourth-order valence-electron chi connectivity index (χ4n) is 1.60. The quantitative estimate of drug-likeness (QED) is 0.786. The molecule has 1 aliphatic rings. The maximum Gasteiger partial charge on any atom is 0.125 e. The first-order chi connectivity index (χ1) is 6.31. The van der Waals surface area contributed by atoms with Gasteiger partial charge in [-0.05, 0) is 18.7 Å². The third kappa shape index (κ3) is 1.64. The van der Waals surface area contributed by atoms with Gasteiger partial charge in [0, 0.05) is 10.6 Å². The van der Waals surface area contributed by atoms with Crippen molar-refractivity contribution >= 4 is 11.6 Å². The number of benzene rings is 1. The van der Waals surface area contributed by atoms with Gasteiger partial charge in [0.25, 0.3) is 0 Å². The molecule has 3 heteroatoms. The largest absolute Gasteiger partial charge is 0.491 e. The lowest BCUT2D eigenvalue weighted by Crippen LogP contribution is -2.21. The fraction of sp³-hybridized carbons (Fsp3) is 0.400. The van der Waals surface area contributed by atoms with Crippen molar-refractivity contribution in [2.75, 3.05) is 13.2 Å². The minimum absolute atomic E-state index is 0.331. The van der Waals surface area contributed by atoms with Crippen LogP contribution < -0.4 is 10.1 Å². The van der Waals surface area contributed by atoms with Gasteiger partial charge in [-0.3, -0.25) is 0 Å². The summed E-state index contributed by atoms with van der Waals surface area (Å²) >= 11 is 5.85. The van der Waals surface area contributed by atoms with Gasteiger partial charge in [-0.2, -0.15) is 0 Å². The van der Waals surface area contributed by atoms with Gasteiger partial charge < -0.3 is 10.1 Å². The molecule has 0 aliphatic carbocycles. The summed E-state index contributed by atoms with van der Waals surface area (Å²) in [5.41, 5.74) is 1.21. The monoisotopic (exact) mass is 197 g/mol. The molecule has 0 saturated carbocycles. The van der Waals surface area contributed by atoms with Gasteiger partial charge in [0.2, 0.25) is 0 Å². The Morgan fingerprint density at radius 1 is 1.62 bits per heavy atom. The van der Waals surface area contributed by atoms with Crippen LogP contribution in [0.5, 0.6) is 5.75 Å². The molecule has 1 aliphatic heterocycles. The summed E-state index contributed by atoms with van der Waals surface area (Å²) in [7, 11) is 0. The molecule has 2 rings (SSSR count). The Labute approximate surface area is 82.9 Å².